The molecule has 2 N–H and O–H groups in total. The lowest BCUT2D eigenvalue weighted by atomic mass is 10.1. The van der Waals surface area contributed by atoms with Gasteiger partial charge in [-0.2, -0.15) is 0 Å². The summed E-state index contributed by atoms with van der Waals surface area (Å²) in [5.74, 6) is 0.515. The van der Waals surface area contributed by atoms with Gasteiger partial charge in [0.25, 0.3) is 5.91 Å². The molecular formula is C19H22N2O2S. The van der Waals surface area contributed by atoms with Crippen molar-refractivity contribution < 1.29 is 9.53 Å². The van der Waals surface area contributed by atoms with Crippen LogP contribution >= 0.6 is 12.2 Å². The van der Waals surface area contributed by atoms with E-state index in [0.717, 1.165) is 17.7 Å². The maximum Gasteiger partial charge on any atom is 0.257 e. The largest absolute Gasteiger partial charge is 0.494 e. The van der Waals surface area contributed by atoms with Crippen LogP contribution in [-0.2, 0) is 0 Å². The molecule has 0 fully saturated rings. The summed E-state index contributed by atoms with van der Waals surface area (Å²) >= 11 is 5.22. The van der Waals surface area contributed by atoms with Gasteiger partial charge in [0.15, 0.2) is 5.11 Å². The molecule has 0 heterocycles. The van der Waals surface area contributed by atoms with Crippen LogP contribution in [0.25, 0.3) is 0 Å². The molecule has 126 valence electrons. The van der Waals surface area contributed by atoms with Gasteiger partial charge >= 0.3 is 0 Å². The summed E-state index contributed by atoms with van der Waals surface area (Å²) in [5, 5.41) is 6.12. The lowest BCUT2D eigenvalue weighted by Gasteiger charge is -2.16. The van der Waals surface area contributed by atoms with Crippen LogP contribution in [0.5, 0.6) is 5.75 Å². The van der Waals surface area contributed by atoms with Crippen molar-refractivity contribution in [1.82, 2.24) is 10.6 Å². The maximum absolute atomic E-state index is 12.2. The Labute approximate surface area is 148 Å². The summed E-state index contributed by atoms with van der Waals surface area (Å²) in [4.78, 5) is 12.2. The summed E-state index contributed by atoms with van der Waals surface area (Å²) in [6.07, 6.45) is 0.946. The van der Waals surface area contributed by atoms with Gasteiger partial charge in [0.2, 0.25) is 0 Å². The molecule has 4 nitrogen and oxygen atoms in total. The molecule has 5 heteroatoms. The maximum atomic E-state index is 12.2. The van der Waals surface area contributed by atoms with Gasteiger partial charge in [-0.05, 0) is 55.4 Å². The highest BCUT2D eigenvalue weighted by atomic mass is 32.1. The number of ether oxygens (including phenoxy) is 1. The van der Waals surface area contributed by atoms with Crippen molar-refractivity contribution in [1.29, 1.82) is 0 Å². The number of benzene rings is 2. The number of hydrogen-bond donors (Lipinski definition) is 2. The van der Waals surface area contributed by atoms with Crippen LogP contribution in [0, 0.1) is 0 Å². The molecular weight excluding hydrogens is 320 g/mol. The number of hydrogen-bond acceptors (Lipinski definition) is 3. The van der Waals surface area contributed by atoms with Gasteiger partial charge in [0, 0.05) is 5.56 Å². The molecule has 1 atom stereocenters. The van der Waals surface area contributed by atoms with Crippen LogP contribution in [0.1, 0.15) is 42.2 Å². The first-order valence-corrected chi connectivity index (χ1v) is 8.40. The number of carbonyl (C=O) groups is 1. The van der Waals surface area contributed by atoms with E-state index in [1.807, 2.05) is 44.2 Å². The molecule has 0 aliphatic heterocycles. The molecule has 0 radical (unpaired) electrons. The van der Waals surface area contributed by atoms with Gasteiger partial charge < -0.3 is 10.1 Å². The predicted molar refractivity (Wildman–Crippen MR) is 100 cm³/mol. The zero-order valence-corrected chi connectivity index (χ0v) is 14.7. The van der Waals surface area contributed by atoms with Crippen molar-refractivity contribution in [3.8, 4) is 5.75 Å². The second kappa shape index (κ2) is 9.03. The van der Waals surface area contributed by atoms with Gasteiger partial charge in [-0.3, -0.25) is 10.1 Å². The standard InChI is InChI=1S/C19H22N2O2S/c1-3-13-23-17-11-9-16(10-12-17)18(22)21-19(24)20-14(2)15-7-5-4-6-8-15/h4-12,14H,3,13H2,1-2H3,(H2,20,21,22,24)/t14-/m1/s1. The van der Waals surface area contributed by atoms with Crippen molar-refractivity contribution in [3.63, 3.8) is 0 Å². The molecule has 0 bridgehead atoms. The second-order valence-electron chi connectivity index (χ2n) is 5.43. The number of amides is 1. The van der Waals surface area contributed by atoms with Crippen LogP contribution in [0.3, 0.4) is 0 Å². The van der Waals surface area contributed by atoms with E-state index in [2.05, 4.69) is 10.6 Å². The Kier molecular flexibility index (Phi) is 6.75. The lowest BCUT2D eigenvalue weighted by molar-refractivity contribution is 0.0976. The van der Waals surface area contributed by atoms with Crippen LogP contribution in [0.4, 0.5) is 0 Å². The monoisotopic (exact) mass is 342 g/mol. The topological polar surface area (TPSA) is 50.4 Å². The van der Waals surface area contributed by atoms with E-state index in [-0.39, 0.29) is 11.9 Å². The van der Waals surface area contributed by atoms with E-state index < -0.39 is 0 Å². The Morgan fingerprint density at radius 1 is 1.12 bits per heavy atom. The molecule has 0 unspecified atom stereocenters. The molecule has 0 aromatic heterocycles. The number of rotatable bonds is 6. The van der Waals surface area contributed by atoms with Crippen LogP contribution < -0.4 is 15.4 Å². The van der Waals surface area contributed by atoms with Gasteiger partial charge in [0.1, 0.15) is 5.75 Å². The van der Waals surface area contributed by atoms with Crippen LogP contribution in [0.2, 0.25) is 0 Å². The molecule has 0 saturated carbocycles. The molecule has 0 saturated heterocycles. The molecule has 1 amide bonds. The Balaban J connectivity index is 1.88. The highest BCUT2D eigenvalue weighted by molar-refractivity contribution is 7.80. The smallest absolute Gasteiger partial charge is 0.257 e. The first-order valence-electron chi connectivity index (χ1n) is 7.99. The first-order chi connectivity index (χ1) is 11.6. The van der Waals surface area contributed by atoms with E-state index >= 15 is 0 Å². The number of thiocarbonyl (C=S) groups is 1. The Morgan fingerprint density at radius 2 is 1.79 bits per heavy atom. The molecule has 0 spiro atoms. The summed E-state index contributed by atoms with van der Waals surface area (Å²) in [6.45, 7) is 4.71. The minimum atomic E-state index is -0.241. The fourth-order valence-corrected chi connectivity index (χ4v) is 2.42. The third kappa shape index (κ3) is 5.35. The van der Waals surface area contributed by atoms with Gasteiger partial charge in [0.05, 0.1) is 12.6 Å². The fraction of sp³-hybridized carbons (Fsp3) is 0.263. The third-order valence-electron chi connectivity index (χ3n) is 3.46. The number of carbonyl (C=O) groups excluding carboxylic acids is 1. The van der Waals surface area contributed by atoms with Crippen molar-refractivity contribution in [2.75, 3.05) is 6.61 Å². The minimum Gasteiger partial charge on any atom is -0.494 e. The minimum absolute atomic E-state index is 0.0174. The molecule has 2 aromatic rings. The van der Waals surface area contributed by atoms with Crippen LogP contribution in [0.15, 0.2) is 54.6 Å². The van der Waals surface area contributed by atoms with E-state index in [1.54, 1.807) is 24.3 Å². The summed E-state index contributed by atoms with van der Waals surface area (Å²) in [5.41, 5.74) is 1.64. The summed E-state index contributed by atoms with van der Waals surface area (Å²) in [6, 6.07) is 17.0. The van der Waals surface area contributed by atoms with Gasteiger partial charge in [-0.1, -0.05) is 37.3 Å². The lowest BCUT2D eigenvalue weighted by Crippen LogP contribution is -2.40. The van der Waals surface area contributed by atoms with Crippen molar-refractivity contribution in [3.05, 3.63) is 65.7 Å². The van der Waals surface area contributed by atoms with Crippen LogP contribution in [-0.4, -0.2) is 17.6 Å². The van der Waals surface area contributed by atoms with Crippen molar-refractivity contribution >= 4 is 23.2 Å². The molecule has 2 aromatic carbocycles. The Morgan fingerprint density at radius 3 is 2.42 bits per heavy atom. The SMILES string of the molecule is CCCOc1ccc(C(=O)NC(=S)N[C@H](C)c2ccccc2)cc1. The molecule has 24 heavy (non-hydrogen) atoms. The number of nitrogens with one attached hydrogen (secondary N) is 2. The zero-order chi connectivity index (χ0) is 17.4. The molecule has 0 aliphatic rings. The summed E-state index contributed by atoms with van der Waals surface area (Å²) in [7, 11) is 0. The van der Waals surface area contributed by atoms with E-state index in [9.17, 15) is 4.79 Å². The highest BCUT2D eigenvalue weighted by Gasteiger charge is 2.11. The average Bonchev–Trinajstić information content (AvgIpc) is 2.61. The average molecular weight is 342 g/mol. The van der Waals surface area contributed by atoms with Crippen molar-refractivity contribution in [2.24, 2.45) is 0 Å². The van der Waals surface area contributed by atoms with Gasteiger partial charge in [-0.15, -0.1) is 0 Å². The highest BCUT2D eigenvalue weighted by Crippen LogP contribution is 2.13. The molecule has 2 rings (SSSR count). The van der Waals surface area contributed by atoms with E-state index in [1.165, 1.54) is 0 Å². The van der Waals surface area contributed by atoms with Gasteiger partial charge in [-0.25, -0.2) is 0 Å². The second-order valence-corrected chi connectivity index (χ2v) is 5.84. The zero-order valence-electron chi connectivity index (χ0n) is 13.9. The van der Waals surface area contributed by atoms with Crippen molar-refractivity contribution in [2.45, 2.75) is 26.3 Å². The Bertz CT molecular complexity index is 672. The normalized spacial score (nSPS) is 11.4. The summed E-state index contributed by atoms with van der Waals surface area (Å²) < 4.78 is 5.50. The molecule has 0 aliphatic carbocycles. The predicted octanol–water partition coefficient (Wildman–Crippen LogP) is 3.84. The Hall–Kier alpha value is -2.40. The first kappa shape index (κ1) is 17.9. The van der Waals surface area contributed by atoms with E-state index in [4.69, 9.17) is 17.0 Å². The third-order valence-corrected chi connectivity index (χ3v) is 3.68. The quantitative estimate of drug-likeness (QED) is 0.783. The fourth-order valence-electron chi connectivity index (χ4n) is 2.16. The van der Waals surface area contributed by atoms with E-state index in [0.29, 0.717) is 17.3 Å².